The summed E-state index contributed by atoms with van der Waals surface area (Å²) >= 11 is 1.67. The van der Waals surface area contributed by atoms with Gasteiger partial charge in [0.25, 0.3) is 0 Å². The van der Waals surface area contributed by atoms with E-state index in [2.05, 4.69) is 34.2 Å². The fourth-order valence-corrected chi connectivity index (χ4v) is 4.26. The number of likely N-dealkylation sites (N-methyl/N-ethyl adjacent to an activating group) is 1. The maximum atomic E-state index is 12.5. The summed E-state index contributed by atoms with van der Waals surface area (Å²) in [6, 6.07) is 6.18. The van der Waals surface area contributed by atoms with Gasteiger partial charge in [-0.15, -0.1) is 0 Å². The molecule has 1 saturated heterocycles. The van der Waals surface area contributed by atoms with Gasteiger partial charge in [-0.2, -0.15) is 11.3 Å². The average Bonchev–Trinajstić information content (AvgIpc) is 3.23. The van der Waals surface area contributed by atoms with Crippen molar-refractivity contribution < 1.29 is 14.3 Å². The molecule has 7 heteroatoms. The van der Waals surface area contributed by atoms with Crippen LogP contribution in [0.15, 0.2) is 29.0 Å². The third-order valence-corrected chi connectivity index (χ3v) is 6.22. The molecular weight excluding hydrogens is 386 g/mol. The number of hydrogen-bond donors (Lipinski definition) is 0. The number of piperazine rings is 1. The van der Waals surface area contributed by atoms with Crippen molar-refractivity contribution in [2.45, 2.75) is 20.0 Å². The summed E-state index contributed by atoms with van der Waals surface area (Å²) in [7, 11) is 5.22. The first-order valence-electron chi connectivity index (χ1n) is 9.91. The Morgan fingerprint density at radius 2 is 1.76 bits per heavy atom. The molecule has 0 radical (unpaired) electrons. The second-order valence-corrected chi connectivity index (χ2v) is 8.35. The summed E-state index contributed by atoms with van der Waals surface area (Å²) in [6.07, 6.45) is 0. The molecule has 29 heavy (non-hydrogen) atoms. The van der Waals surface area contributed by atoms with E-state index < -0.39 is 0 Å². The Labute approximate surface area is 177 Å². The van der Waals surface area contributed by atoms with Gasteiger partial charge in [-0.1, -0.05) is 0 Å². The Bertz CT molecular complexity index is 802. The van der Waals surface area contributed by atoms with E-state index in [1.54, 1.807) is 25.6 Å². The van der Waals surface area contributed by atoms with E-state index in [-0.39, 0.29) is 5.91 Å². The second-order valence-electron chi connectivity index (χ2n) is 7.57. The highest BCUT2D eigenvalue weighted by molar-refractivity contribution is 7.07. The summed E-state index contributed by atoms with van der Waals surface area (Å²) in [6.45, 7) is 7.88. The van der Waals surface area contributed by atoms with Crippen LogP contribution in [0.25, 0.3) is 0 Å². The molecule has 0 atom stereocenters. The smallest absolute Gasteiger partial charge is 0.236 e. The van der Waals surface area contributed by atoms with Crippen LogP contribution in [-0.4, -0.2) is 74.6 Å². The molecule has 0 aliphatic carbocycles. The highest BCUT2D eigenvalue weighted by atomic mass is 32.1. The first-order chi connectivity index (χ1) is 14.0. The standard InChI is InChI=1S/C22H31N3O3S/c1-17-11-20(27-3)21(28-4)12-19(17)14-24-6-8-25(9-7-24)15-22(26)23(2)13-18-5-10-29-16-18/h5,10-12,16H,6-9,13-15H2,1-4H3. The van der Waals surface area contributed by atoms with Gasteiger partial charge in [-0.05, 0) is 52.6 Å². The van der Waals surface area contributed by atoms with Crippen LogP contribution < -0.4 is 9.47 Å². The molecule has 0 saturated carbocycles. The molecule has 3 rings (SSSR count). The number of thiophene rings is 1. The second kappa shape index (κ2) is 10.1. The fourth-order valence-electron chi connectivity index (χ4n) is 3.60. The van der Waals surface area contributed by atoms with E-state index in [0.717, 1.165) is 44.2 Å². The summed E-state index contributed by atoms with van der Waals surface area (Å²) < 4.78 is 10.8. The Morgan fingerprint density at radius 1 is 1.10 bits per heavy atom. The van der Waals surface area contributed by atoms with Gasteiger partial charge in [-0.25, -0.2) is 0 Å². The lowest BCUT2D eigenvalue weighted by Gasteiger charge is -2.35. The number of rotatable bonds is 8. The Balaban J connectivity index is 1.48. The van der Waals surface area contributed by atoms with Crippen molar-refractivity contribution in [3.05, 3.63) is 45.6 Å². The van der Waals surface area contributed by atoms with E-state index in [4.69, 9.17) is 9.47 Å². The van der Waals surface area contributed by atoms with Gasteiger partial charge in [0.15, 0.2) is 11.5 Å². The third-order valence-electron chi connectivity index (χ3n) is 5.49. The van der Waals surface area contributed by atoms with Crippen LogP contribution in [0.5, 0.6) is 11.5 Å². The monoisotopic (exact) mass is 417 g/mol. The van der Waals surface area contributed by atoms with Crippen LogP contribution in [0.2, 0.25) is 0 Å². The summed E-state index contributed by atoms with van der Waals surface area (Å²) in [5.74, 6) is 1.72. The molecule has 6 nitrogen and oxygen atoms in total. The van der Waals surface area contributed by atoms with Gasteiger partial charge >= 0.3 is 0 Å². The number of benzene rings is 1. The van der Waals surface area contributed by atoms with Crippen molar-refractivity contribution in [3.63, 3.8) is 0 Å². The van der Waals surface area contributed by atoms with E-state index in [9.17, 15) is 4.79 Å². The molecule has 0 bridgehead atoms. The number of carbonyl (C=O) groups excluding carboxylic acids is 1. The number of hydrogen-bond acceptors (Lipinski definition) is 6. The van der Waals surface area contributed by atoms with Crippen molar-refractivity contribution in [2.75, 3.05) is 54.0 Å². The van der Waals surface area contributed by atoms with E-state index >= 15 is 0 Å². The highest BCUT2D eigenvalue weighted by Gasteiger charge is 2.21. The van der Waals surface area contributed by atoms with Crippen molar-refractivity contribution in [3.8, 4) is 11.5 Å². The van der Waals surface area contributed by atoms with Gasteiger partial charge in [0.2, 0.25) is 5.91 Å². The summed E-state index contributed by atoms with van der Waals surface area (Å²) in [5, 5.41) is 4.14. The molecule has 158 valence electrons. The largest absolute Gasteiger partial charge is 0.493 e. The minimum atomic E-state index is 0.181. The maximum absolute atomic E-state index is 12.5. The Hall–Kier alpha value is -2.09. The topological polar surface area (TPSA) is 45.2 Å². The SMILES string of the molecule is COc1cc(C)c(CN2CCN(CC(=O)N(C)Cc3ccsc3)CC2)cc1OC. The molecular formula is C22H31N3O3S. The van der Waals surface area contributed by atoms with Crippen LogP contribution in [0.3, 0.4) is 0 Å². The predicted octanol–water partition coefficient (Wildman–Crippen LogP) is 2.85. The number of ether oxygens (including phenoxy) is 2. The minimum Gasteiger partial charge on any atom is -0.493 e. The fraction of sp³-hybridized carbons (Fsp3) is 0.500. The van der Waals surface area contributed by atoms with E-state index in [1.807, 2.05) is 23.4 Å². The number of methoxy groups -OCH3 is 2. The molecule has 1 aromatic heterocycles. The van der Waals surface area contributed by atoms with Crippen molar-refractivity contribution in [1.29, 1.82) is 0 Å². The highest BCUT2D eigenvalue weighted by Crippen LogP contribution is 2.31. The zero-order valence-corrected chi connectivity index (χ0v) is 18.6. The van der Waals surface area contributed by atoms with Crippen LogP contribution in [0.4, 0.5) is 0 Å². The number of amides is 1. The molecule has 1 aliphatic rings. The number of aryl methyl sites for hydroxylation is 1. The number of nitrogens with zero attached hydrogens (tertiary/aromatic N) is 3. The lowest BCUT2D eigenvalue weighted by molar-refractivity contribution is -0.132. The molecule has 0 N–H and O–H groups in total. The zero-order chi connectivity index (χ0) is 20.8. The van der Waals surface area contributed by atoms with Gasteiger partial charge in [0.1, 0.15) is 0 Å². The molecule has 2 aromatic rings. The maximum Gasteiger partial charge on any atom is 0.236 e. The van der Waals surface area contributed by atoms with Gasteiger partial charge < -0.3 is 14.4 Å². The van der Waals surface area contributed by atoms with Gasteiger partial charge in [-0.3, -0.25) is 14.6 Å². The zero-order valence-electron chi connectivity index (χ0n) is 17.8. The lowest BCUT2D eigenvalue weighted by atomic mass is 10.1. The van der Waals surface area contributed by atoms with Gasteiger partial charge in [0, 0.05) is 46.3 Å². The van der Waals surface area contributed by atoms with Crippen LogP contribution in [0, 0.1) is 6.92 Å². The Morgan fingerprint density at radius 3 is 2.38 bits per heavy atom. The quantitative estimate of drug-likeness (QED) is 0.661. The van der Waals surface area contributed by atoms with Crippen LogP contribution in [0.1, 0.15) is 16.7 Å². The minimum absolute atomic E-state index is 0.181. The summed E-state index contributed by atoms with van der Waals surface area (Å²) in [4.78, 5) is 19.0. The molecule has 0 spiro atoms. The third kappa shape index (κ3) is 5.72. The number of carbonyl (C=O) groups is 1. The van der Waals surface area contributed by atoms with Crippen LogP contribution in [-0.2, 0) is 17.9 Å². The molecule has 1 amide bonds. The van der Waals surface area contributed by atoms with E-state index in [1.165, 1.54) is 16.7 Å². The van der Waals surface area contributed by atoms with Crippen molar-refractivity contribution in [2.24, 2.45) is 0 Å². The molecule has 1 aromatic carbocycles. The summed E-state index contributed by atoms with van der Waals surface area (Å²) in [5.41, 5.74) is 3.65. The lowest BCUT2D eigenvalue weighted by Crippen LogP contribution is -2.49. The molecule has 1 fully saturated rings. The molecule has 1 aliphatic heterocycles. The first-order valence-corrected chi connectivity index (χ1v) is 10.9. The van der Waals surface area contributed by atoms with Gasteiger partial charge in [0.05, 0.1) is 20.8 Å². The van der Waals surface area contributed by atoms with E-state index in [0.29, 0.717) is 13.1 Å². The molecule has 0 unspecified atom stereocenters. The van der Waals surface area contributed by atoms with Crippen molar-refractivity contribution >= 4 is 17.2 Å². The van der Waals surface area contributed by atoms with Crippen molar-refractivity contribution in [1.82, 2.24) is 14.7 Å². The molecule has 2 heterocycles. The Kier molecular flexibility index (Phi) is 7.52. The average molecular weight is 418 g/mol. The first kappa shape index (κ1) is 21.6. The normalized spacial score (nSPS) is 15.3. The van der Waals surface area contributed by atoms with Crippen LogP contribution >= 0.6 is 11.3 Å². The predicted molar refractivity (Wildman–Crippen MR) is 117 cm³/mol.